The largest absolute Gasteiger partial charge is 0.493 e. The second-order valence-electron chi connectivity index (χ2n) is 10.6. The smallest absolute Gasteiger partial charge is 0.338 e. The molecule has 11 heteroatoms. The molecule has 0 amide bonds. The third-order valence-electron chi connectivity index (χ3n) is 7.69. The lowest BCUT2D eigenvalue weighted by Gasteiger charge is -2.26. The highest BCUT2D eigenvalue weighted by Gasteiger charge is 2.35. The van der Waals surface area contributed by atoms with Crippen LogP contribution in [0.3, 0.4) is 0 Å². The van der Waals surface area contributed by atoms with Crippen LogP contribution >= 0.6 is 27.3 Å². The Morgan fingerprint density at radius 1 is 0.958 bits per heavy atom. The van der Waals surface area contributed by atoms with Crippen LogP contribution in [0.25, 0.3) is 11.8 Å². The van der Waals surface area contributed by atoms with E-state index in [-0.39, 0.29) is 30.2 Å². The summed E-state index contributed by atoms with van der Waals surface area (Å²) in [6, 6.07) is 25.6. The van der Waals surface area contributed by atoms with Crippen LogP contribution in [0.4, 0.5) is 4.39 Å². The van der Waals surface area contributed by atoms with Gasteiger partial charge in [-0.05, 0) is 70.4 Å². The zero-order valence-corrected chi connectivity index (χ0v) is 28.6. The summed E-state index contributed by atoms with van der Waals surface area (Å²) in [7, 11) is 3.07. The topological polar surface area (TPSA) is 88.4 Å². The standard InChI is InChI=1S/C37H30BrFN2O6S/c1-4-46-36(43)32-33(23-10-6-5-7-11-23)40-37-41(34(32)24-15-17-29(44-2)30(20-24)45-3)35(42)31(48-37)19-22-14-16-28(26(38)18-22)47-21-25-12-8-9-13-27(25)39/h5-20,34H,4,21H2,1-3H3/b31-19-/t34-/m0/s1. The van der Waals surface area contributed by atoms with Gasteiger partial charge in [0.1, 0.15) is 18.2 Å². The number of aromatic nitrogens is 1. The number of halogens is 2. The molecule has 48 heavy (non-hydrogen) atoms. The van der Waals surface area contributed by atoms with Crippen molar-refractivity contribution in [1.29, 1.82) is 0 Å². The molecule has 6 rings (SSSR count). The Balaban J connectivity index is 1.49. The number of hydrogen-bond acceptors (Lipinski definition) is 8. The highest BCUT2D eigenvalue weighted by Crippen LogP contribution is 2.38. The molecule has 5 aromatic rings. The Bertz CT molecular complexity index is 2210. The predicted octanol–water partition coefficient (Wildman–Crippen LogP) is 6.43. The summed E-state index contributed by atoms with van der Waals surface area (Å²) in [6.45, 7) is 1.93. The molecule has 244 valence electrons. The van der Waals surface area contributed by atoms with E-state index in [1.807, 2.05) is 42.5 Å². The van der Waals surface area contributed by atoms with E-state index in [2.05, 4.69) is 15.9 Å². The maximum absolute atomic E-state index is 14.3. The third-order valence-corrected chi connectivity index (χ3v) is 9.29. The number of rotatable bonds is 10. The molecule has 0 saturated carbocycles. The summed E-state index contributed by atoms with van der Waals surface area (Å²) < 4.78 is 39.1. The van der Waals surface area contributed by atoms with Gasteiger partial charge in [0, 0.05) is 11.1 Å². The molecule has 1 atom stereocenters. The summed E-state index contributed by atoms with van der Waals surface area (Å²) in [5, 5.41) is 0. The number of benzene rings is 4. The van der Waals surface area contributed by atoms with Crippen molar-refractivity contribution in [3.05, 3.63) is 149 Å². The van der Waals surface area contributed by atoms with Crippen molar-refractivity contribution in [1.82, 2.24) is 4.57 Å². The fourth-order valence-electron chi connectivity index (χ4n) is 5.42. The highest BCUT2D eigenvalue weighted by atomic mass is 79.9. The van der Waals surface area contributed by atoms with E-state index in [1.54, 1.807) is 55.5 Å². The van der Waals surface area contributed by atoms with Gasteiger partial charge in [0.15, 0.2) is 16.3 Å². The lowest BCUT2D eigenvalue weighted by Crippen LogP contribution is -2.40. The first-order chi connectivity index (χ1) is 23.3. The van der Waals surface area contributed by atoms with Crippen molar-refractivity contribution in [2.45, 2.75) is 19.6 Å². The Hall–Kier alpha value is -5.00. The Morgan fingerprint density at radius 2 is 1.69 bits per heavy atom. The van der Waals surface area contributed by atoms with E-state index >= 15 is 0 Å². The predicted molar refractivity (Wildman–Crippen MR) is 185 cm³/mol. The first-order valence-corrected chi connectivity index (χ1v) is 16.6. The van der Waals surface area contributed by atoms with Crippen LogP contribution in [-0.2, 0) is 16.1 Å². The first-order valence-electron chi connectivity index (χ1n) is 15.0. The highest BCUT2D eigenvalue weighted by molar-refractivity contribution is 9.10. The fraction of sp³-hybridized carbons (Fsp3) is 0.162. The van der Waals surface area contributed by atoms with Crippen molar-refractivity contribution < 1.29 is 28.1 Å². The second-order valence-corrected chi connectivity index (χ2v) is 12.5. The first kappa shape index (κ1) is 32.9. The number of carbonyl (C=O) groups is 1. The van der Waals surface area contributed by atoms with Crippen LogP contribution in [0.2, 0.25) is 0 Å². The number of nitrogens with zero attached hydrogens (tertiary/aromatic N) is 2. The molecule has 0 aliphatic carbocycles. The van der Waals surface area contributed by atoms with Gasteiger partial charge in [0.05, 0.1) is 47.1 Å². The van der Waals surface area contributed by atoms with E-state index in [9.17, 15) is 14.0 Å². The van der Waals surface area contributed by atoms with Crippen LogP contribution in [0, 0.1) is 5.82 Å². The lowest BCUT2D eigenvalue weighted by atomic mass is 9.93. The minimum atomic E-state index is -0.877. The van der Waals surface area contributed by atoms with Crippen LogP contribution in [-0.4, -0.2) is 31.4 Å². The number of esters is 1. The molecular formula is C37H30BrFN2O6S. The minimum Gasteiger partial charge on any atom is -0.493 e. The second kappa shape index (κ2) is 14.4. The number of hydrogen-bond donors (Lipinski definition) is 0. The van der Waals surface area contributed by atoms with Gasteiger partial charge in [-0.3, -0.25) is 9.36 Å². The zero-order valence-electron chi connectivity index (χ0n) is 26.2. The maximum atomic E-state index is 14.3. The fourth-order valence-corrected chi connectivity index (χ4v) is 6.94. The molecule has 1 aliphatic heterocycles. The van der Waals surface area contributed by atoms with E-state index in [0.717, 1.165) is 5.56 Å². The summed E-state index contributed by atoms with van der Waals surface area (Å²) in [5.41, 5.74) is 2.80. The lowest BCUT2D eigenvalue weighted by molar-refractivity contribution is -0.138. The molecule has 8 nitrogen and oxygen atoms in total. The van der Waals surface area contributed by atoms with Crippen molar-refractivity contribution in [2.75, 3.05) is 20.8 Å². The van der Waals surface area contributed by atoms with Crippen molar-refractivity contribution in [3.8, 4) is 17.2 Å². The van der Waals surface area contributed by atoms with Gasteiger partial charge < -0.3 is 18.9 Å². The maximum Gasteiger partial charge on any atom is 0.338 e. The third kappa shape index (κ3) is 6.56. The molecule has 0 spiro atoms. The number of thiazole rings is 1. The quantitative estimate of drug-likeness (QED) is 0.154. The van der Waals surface area contributed by atoms with Crippen LogP contribution in [0.1, 0.15) is 35.2 Å². The Labute approximate surface area is 288 Å². The average Bonchev–Trinajstić information content (AvgIpc) is 3.41. The Kier molecular flexibility index (Phi) is 9.88. The normalized spacial score (nSPS) is 14.3. The van der Waals surface area contributed by atoms with E-state index in [0.29, 0.717) is 53.4 Å². The van der Waals surface area contributed by atoms with E-state index in [4.69, 9.17) is 23.9 Å². The molecular weight excluding hydrogens is 699 g/mol. The molecule has 0 fully saturated rings. The number of fused-ring (bicyclic) bond motifs is 1. The number of ether oxygens (including phenoxy) is 4. The van der Waals surface area contributed by atoms with Crippen molar-refractivity contribution in [3.63, 3.8) is 0 Å². The molecule has 0 saturated heterocycles. The van der Waals surface area contributed by atoms with E-state index < -0.39 is 12.0 Å². The monoisotopic (exact) mass is 728 g/mol. The summed E-state index contributed by atoms with van der Waals surface area (Å²) in [5.74, 6) is 0.556. The summed E-state index contributed by atoms with van der Waals surface area (Å²) in [4.78, 5) is 33.3. The molecule has 2 heterocycles. The molecule has 4 aromatic carbocycles. The minimum absolute atomic E-state index is 0.0614. The van der Waals surface area contributed by atoms with Crippen LogP contribution < -0.4 is 29.1 Å². The van der Waals surface area contributed by atoms with Crippen LogP contribution in [0.5, 0.6) is 17.2 Å². The summed E-state index contributed by atoms with van der Waals surface area (Å²) >= 11 is 4.76. The van der Waals surface area contributed by atoms with E-state index in [1.165, 1.54) is 36.2 Å². The summed E-state index contributed by atoms with van der Waals surface area (Å²) in [6.07, 6.45) is 1.76. The average molecular weight is 730 g/mol. The van der Waals surface area contributed by atoms with Crippen molar-refractivity contribution in [2.24, 2.45) is 4.99 Å². The Morgan fingerprint density at radius 3 is 2.40 bits per heavy atom. The van der Waals surface area contributed by atoms with Gasteiger partial charge in [-0.15, -0.1) is 0 Å². The van der Waals surface area contributed by atoms with Crippen molar-refractivity contribution >= 4 is 45.0 Å². The van der Waals surface area contributed by atoms with Gasteiger partial charge in [-0.25, -0.2) is 14.2 Å². The van der Waals surface area contributed by atoms with Crippen LogP contribution in [0.15, 0.2) is 111 Å². The van der Waals surface area contributed by atoms with Gasteiger partial charge in [-0.1, -0.05) is 72.0 Å². The molecule has 1 aromatic heterocycles. The van der Waals surface area contributed by atoms with Gasteiger partial charge in [-0.2, -0.15) is 0 Å². The molecule has 0 unspecified atom stereocenters. The number of carbonyl (C=O) groups excluding carboxylic acids is 1. The van der Waals surface area contributed by atoms with Gasteiger partial charge in [0.2, 0.25) is 0 Å². The molecule has 0 N–H and O–H groups in total. The molecule has 0 bridgehead atoms. The molecule has 0 radical (unpaired) electrons. The number of methoxy groups -OCH3 is 2. The van der Waals surface area contributed by atoms with Gasteiger partial charge >= 0.3 is 5.97 Å². The zero-order chi connectivity index (χ0) is 33.8. The van der Waals surface area contributed by atoms with Gasteiger partial charge in [0.25, 0.3) is 5.56 Å². The molecule has 1 aliphatic rings. The SMILES string of the molecule is CCOC(=O)C1=C(c2ccccc2)N=c2s/c(=C\c3ccc(OCc4ccccc4F)c(Br)c3)c(=O)n2[C@H]1c1ccc(OC)c(OC)c1.